The van der Waals surface area contributed by atoms with E-state index in [4.69, 9.17) is 0 Å². The van der Waals surface area contributed by atoms with Crippen LogP contribution in [-0.4, -0.2) is 24.0 Å². The van der Waals surface area contributed by atoms with Crippen LogP contribution in [0.15, 0.2) is 12.1 Å². The average molecular weight is 353 g/mol. The molecule has 138 valence electrons. The zero-order valence-corrected chi connectivity index (χ0v) is 16.2. The van der Waals surface area contributed by atoms with E-state index >= 15 is 0 Å². The number of rotatable bonds is 5. The quantitative estimate of drug-likeness (QED) is 0.654. The number of Topliss-reactive ketones (excluding diaryl/α,β-unsaturated/α-hetero) is 2. The maximum Gasteiger partial charge on any atom is 0.220 e. The molecule has 0 saturated heterocycles. The van der Waals surface area contributed by atoms with Crippen LogP contribution < -0.4 is 5.32 Å². The number of amides is 1. The van der Waals surface area contributed by atoms with E-state index in [0.29, 0.717) is 12.5 Å². The molecule has 0 aromatic heterocycles. The second kappa shape index (κ2) is 8.31. The smallest absolute Gasteiger partial charge is 0.220 e. The molecule has 0 bridgehead atoms. The molecule has 1 fully saturated rings. The molecule has 1 aromatic rings. The molecule has 1 aliphatic rings. The van der Waals surface area contributed by atoms with Crippen molar-refractivity contribution in [2.75, 3.05) is 6.54 Å². The van der Waals surface area contributed by atoms with Crippen LogP contribution in [0.5, 0.6) is 0 Å². The Bertz CT molecular complexity index is 772. The Kier molecular flexibility index (Phi) is 6.37. The Morgan fingerprint density at radius 3 is 2.38 bits per heavy atom. The number of benzene rings is 1. The lowest BCUT2D eigenvalue weighted by atomic mass is 9.86. The molecular weight excluding hydrogens is 326 g/mol. The molecule has 1 aromatic carbocycles. The molecular formula is C22H27NO3. The third-order valence-corrected chi connectivity index (χ3v) is 4.75. The normalized spacial score (nSPS) is 19.5. The molecule has 1 N–H and O–H groups in total. The Labute approximate surface area is 155 Å². The summed E-state index contributed by atoms with van der Waals surface area (Å²) in [5.41, 5.74) is 3.47. The van der Waals surface area contributed by atoms with Crippen LogP contribution in [-0.2, 0) is 14.4 Å². The van der Waals surface area contributed by atoms with E-state index in [-0.39, 0.29) is 30.3 Å². The Morgan fingerprint density at radius 1 is 1.23 bits per heavy atom. The lowest BCUT2D eigenvalue weighted by Gasteiger charge is -2.16. The molecule has 2 atom stereocenters. The highest BCUT2D eigenvalue weighted by molar-refractivity contribution is 6.15. The summed E-state index contributed by atoms with van der Waals surface area (Å²) in [4.78, 5) is 37.5. The van der Waals surface area contributed by atoms with Crippen LogP contribution in [0.2, 0.25) is 0 Å². The molecule has 26 heavy (non-hydrogen) atoms. The van der Waals surface area contributed by atoms with Gasteiger partial charge in [-0.15, -0.1) is 5.92 Å². The van der Waals surface area contributed by atoms with Gasteiger partial charge in [-0.05, 0) is 55.5 Å². The molecule has 0 spiro atoms. The average Bonchev–Trinajstić information content (AvgIpc) is 2.80. The van der Waals surface area contributed by atoms with Gasteiger partial charge in [0.1, 0.15) is 11.7 Å². The predicted octanol–water partition coefficient (Wildman–Crippen LogP) is 3.08. The van der Waals surface area contributed by atoms with Gasteiger partial charge in [-0.2, -0.15) is 0 Å². The molecule has 4 heteroatoms. The van der Waals surface area contributed by atoms with Crippen LogP contribution in [0.3, 0.4) is 0 Å². The van der Waals surface area contributed by atoms with E-state index in [1.165, 1.54) is 0 Å². The third-order valence-electron chi connectivity index (χ3n) is 4.75. The first-order chi connectivity index (χ1) is 12.2. The first-order valence-corrected chi connectivity index (χ1v) is 9.11. The zero-order chi connectivity index (χ0) is 19.4. The standard InChI is InChI=1S/C22H27NO3/c1-6-7-16-8-14(4)20(15(5)9-16)21-18(24)10-17(22(21)26)11-19(25)23-12-13(2)3/h8-9,13,17,21H,10-12H2,1-5H3,(H,23,25). The number of ketones is 2. The maximum atomic E-state index is 12.9. The van der Waals surface area contributed by atoms with E-state index in [2.05, 4.69) is 17.2 Å². The van der Waals surface area contributed by atoms with E-state index in [1.807, 2.05) is 39.8 Å². The van der Waals surface area contributed by atoms with Gasteiger partial charge < -0.3 is 5.32 Å². The maximum absolute atomic E-state index is 12.9. The third kappa shape index (κ3) is 4.40. The van der Waals surface area contributed by atoms with Gasteiger partial charge in [-0.25, -0.2) is 0 Å². The van der Waals surface area contributed by atoms with Crippen molar-refractivity contribution in [3.63, 3.8) is 0 Å². The van der Waals surface area contributed by atoms with E-state index in [0.717, 1.165) is 22.3 Å². The highest BCUT2D eigenvalue weighted by atomic mass is 16.2. The topological polar surface area (TPSA) is 63.2 Å². The number of aryl methyl sites for hydroxylation is 2. The molecule has 0 heterocycles. The van der Waals surface area contributed by atoms with Crippen LogP contribution in [0.4, 0.5) is 0 Å². The van der Waals surface area contributed by atoms with Gasteiger partial charge in [0.15, 0.2) is 5.78 Å². The first kappa shape index (κ1) is 19.9. The lowest BCUT2D eigenvalue weighted by molar-refractivity contribution is -0.128. The summed E-state index contributed by atoms with van der Waals surface area (Å²) in [7, 11) is 0. The number of hydrogen-bond donors (Lipinski definition) is 1. The summed E-state index contributed by atoms with van der Waals surface area (Å²) in [5.74, 6) is 4.59. The van der Waals surface area contributed by atoms with Gasteiger partial charge in [0.05, 0.1) is 0 Å². The minimum atomic E-state index is -0.749. The van der Waals surface area contributed by atoms with Gasteiger partial charge in [-0.1, -0.05) is 19.8 Å². The van der Waals surface area contributed by atoms with Gasteiger partial charge in [0.25, 0.3) is 0 Å². The second-order valence-electron chi connectivity index (χ2n) is 7.50. The number of hydrogen-bond acceptors (Lipinski definition) is 3. The fourth-order valence-electron chi connectivity index (χ4n) is 3.59. The Hall–Kier alpha value is -2.41. The number of nitrogens with one attached hydrogen (secondary N) is 1. The molecule has 0 aliphatic heterocycles. The summed E-state index contributed by atoms with van der Waals surface area (Å²) < 4.78 is 0. The summed E-state index contributed by atoms with van der Waals surface area (Å²) in [6, 6.07) is 3.84. The van der Waals surface area contributed by atoms with Gasteiger partial charge in [-0.3, -0.25) is 14.4 Å². The fraction of sp³-hybridized carbons (Fsp3) is 0.500. The molecule has 0 radical (unpaired) electrons. The van der Waals surface area contributed by atoms with Crippen LogP contribution in [0.25, 0.3) is 0 Å². The first-order valence-electron chi connectivity index (χ1n) is 9.11. The Balaban J connectivity index is 2.21. The van der Waals surface area contributed by atoms with Crippen LogP contribution >= 0.6 is 0 Å². The summed E-state index contributed by atoms with van der Waals surface area (Å²) in [6.07, 6.45) is 0.235. The van der Waals surface area contributed by atoms with Gasteiger partial charge >= 0.3 is 0 Å². The minimum Gasteiger partial charge on any atom is -0.356 e. The molecule has 1 amide bonds. The Morgan fingerprint density at radius 2 is 1.85 bits per heavy atom. The number of carbonyl (C=O) groups excluding carboxylic acids is 3. The van der Waals surface area contributed by atoms with Crippen molar-refractivity contribution in [2.45, 2.75) is 53.4 Å². The van der Waals surface area contributed by atoms with E-state index in [1.54, 1.807) is 6.92 Å². The largest absolute Gasteiger partial charge is 0.356 e. The SMILES string of the molecule is CC#Cc1cc(C)c(C2C(=O)CC(CC(=O)NCC(C)C)C2=O)c(C)c1. The summed E-state index contributed by atoms with van der Waals surface area (Å²) in [5, 5.41) is 2.83. The van der Waals surface area contributed by atoms with Gasteiger partial charge in [0, 0.05) is 30.9 Å². The minimum absolute atomic E-state index is 0.0859. The fourth-order valence-corrected chi connectivity index (χ4v) is 3.59. The van der Waals surface area contributed by atoms with Crippen LogP contribution in [0, 0.1) is 37.5 Å². The van der Waals surface area contributed by atoms with Crippen molar-refractivity contribution in [3.05, 3.63) is 34.4 Å². The van der Waals surface area contributed by atoms with Gasteiger partial charge in [0.2, 0.25) is 5.91 Å². The van der Waals surface area contributed by atoms with Crippen molar-refractivity contribution in [3.8, 4) is 11.8 Å². The molecule has 1 aliphatic carbocycles. The van der Waals surface area contributed by atoms with Crippen molar-refractivity contribution in [1.29, 1.82) is 0 Å². The molecule has 2 unspecified atom stereocenters. The molecule has 4 nitrogen and oxygen atoms in total. The van der Waals surface area contributed by atoms with E-state index < -0.39 is 11.8 Å². The van der Waals surface area contributed by atoms with E-state index in [9.17, 15) is 14.4 Å². The molecule has 1 saturated carbocycles. The summed E-state index contributed by atoms with van der Waals surface area (Å²) >= 11 is 0. The van der Waals surface area contributed by atoms with Crippen molar-refractivity contribution < 1.29 is 14.4 Å². The zero-order valence-electron chi connectivity index (χ0n) is 16.2. The number of carbonyl (C=O) groups is 3. The monoisotopic (exact) mass is 353 g/mol. The van der Waals surface area contributed by atoms with Crippen molar-refractivity contribution >= 4 is 17.5 Å². The van der Waals surface area contributed by atoms with Crippen molar-refractivity contribution in [1.82, 2.24) is 5.32 Å². The van der Waals surface area contributed by atoms with Crippen LogP contribution in [0.1, 0.15) is 61.8 Å². The van der Waals surface area contributed by atoms with Crippen molar-refractivity contribution in [2.24, 2.45) is 11.8 Å². The molecule has 2 rings (SSSR count). The lowest BCUT2D eigenvalue weighted by Crippen LogP contribution is -2.30. The second-order valence-corrected chi connectivity index (χ2v) is 7.50. The highest BCUT2D eigenvalue weighted by Crippen LogP contribution is 2.37. The predicted molar refractivity (Wildman–Crippen MR) is 102 cm³/mol. The summed E-state index contributed by atoms with van der Waals surface area (Å²) in [6.45, 7) is 10.2. The highest BCUT2D eigenvalue weighted by Gasteiger charge is 2.43.